The third kappa shape index (κ3) is 3.19. The van der Waals surface area contributed by atoms with E-state index in [9.17, 15) is 9.59 Å². The van der Waals surface area contributed by atoms with Crippen LogP contribution in [0.2, 0.25) is 5.02 Å². The fraction of sp³-hybridized carbons (Fsp3) is 0.154. The van der Waals surface area contributed by atoms with Crippen molar-refractivity contribution in [2.75, 3.05) is 0 Å². The number of halogens is 1. The number of Topliss-reactive ketones (excluding diaryl/α,β-unsaturated/α-hetero) is 1. The first kappa shape index (κ1) is 13.7. The van der Waals surface area contributed by atoms with Crippen LogP contribution in [-0.4, -0.2) is 21.8 Å². The van der Waals surface area contributed by atoms with E-state index in [1.807, 2.05) is 12.1 Å². The Bertz CT molecular complexity index is 620. The van der Waals surface area contributed by atoms with Crippen LogP contribution in [0.4, 0.5) is 0 Å². The highest BCUT2D eigenvalue weighted by Crippen LogP contribution is 2.23. The second-order valence-corrected chi connectivity index (χ2v) is 5.47. The van der Waals surface area contributed by atoms with Crippen LogP contribution < -0.4 is 0 Å². The van der Waals surface area contributed by atoms with Gasteiger partial charge in [0.05, 0.1) is 5.01 Å². The van der Waals surface area contributed by atoms with E-state index >= 15 is 0 Å². The molecule has 0 spiro atoms. The molecule has 0 fully saturated rings. The number of carboxylic acids is 1. The SMILES string of the molecule is CC(=O)c1nc(Cc2cccc(Cl)c2)sc1C(=O)O. The quantitative estimate of drug-likeness (QED) is 0.879. The van der Waals surface area contributed by atoms with Crippen molar-refractivity contribution in [1.29, 1.82) is 0 Å². The highest BCUT2D eigenvalue weighted by atomic mass is 35.5. The minimum absolute atomic E-state index is 0.00970. The molecule has 0 atom stereocenters. The molecule has 0 radical (unpaired) electrons. The number of aromatic carboxylic acids is 1. The van der Waals surface area contributed by atoms with Crippen LogP contribution in [0.3, 0.4) is 0 Å². The molecular weight excluding hydrogens is 286 g/mol. The van der Waals surface area contributed by atoms with Gasteiger partial charge in [0.15, 0.2) is 5.78 Å². The second-order valence-electron chi connectivity index (χ2n) is 3.95. The summed E-state index contributed by atoms with van der Waals surface area (Å²) in [5, 5.41) is 10.2. The van der Waals surface area contributed by atoms with Crippen LogP contribution in [0.1, 0.15) is 37.7 Å². The number of aromatic nitrogens is 1. The molecule has 1 heterocycles. The maximum atomic E-state index is 11.4. The summed E-state index contributed by atoms with van der Waals surface area (Å²) in [4.78, 5) is 26.5. The number of carbonyl (C=O) groups is 2. The lowest BCUT2D eigenvalue weighted by Gasteiger charge is -1.97. The Balaban J connectivity index is 2.34. The maximum Gasteiger partial charge on any atom is 0.348 e. The van der Waals surface area contributed by atoms with Crippen molar-refractivity contribution in [3.8, 4) is 0 Å². The van der Waals surface area contributed by atoms with Crippen molar-refractivity contribution in [1.82, 2.24) is 4.98 Å². The predicted octanol–water partition coefficient (Wildman–Crippen LogP) is 3.29. The zero-order valence-corrected chi connectivity index (χ0v) is 11.6. The van der Waals surface area contributed by atoms with Gasteiger partial charge in [-0.1, -0.05) is 23.7 Å². The molecule has 0 bridgehead atoms. The summed E-state index contributed by atoms with van der Waals surface area (Å²) in [6, 6.07) is 7.24. The Hall–Kier alpha value is -1.72. The van der Waals surface area contributed by atoms with E-state index in [1.165, 1.54) is 6.92 Å². The van der Waals surface area contributed by atoms with Gasteiger partial charge in [0.2, 0.25) is 0 Å². The Morgan fingerprint density at radius 1 is 1.42 bits per heavy atom. The first-order valence-electron chi connectivity index (χ1n) is 5.45. The Morgan fingerprint density at radius 3 is 2.68 bits per heavy atom. The van der Waals surface area contributed by atoms with Crippen LogP contribution >= 0.6 is 22.9 Å². The van der Waals surface area contributed by atoms with Crippen LogP contribution in [0, 0.1) is 0 Å². The van der Waals surface area contributed by atoms with Gasteiger partial charge < -0.3 is 5.11 Å². The number of rotatable bonds is 4. The monoisotopic (exact) mass is 295 g/mol. The zero-order valence-electron chi connectivity index (χ0n) is 10.0. The minimum Gasteiger partial charge on any atom is -0.477 e. The summed E-state index contributed by atoms with van der Waals surface area (Å²) >= 11 is 6.91. The van der Waals surface area contributed by atoms with Crippen molar-refractivity contribution >= 4 is 34.7 Å². The molecule has 1 aromatic heterocycles. The summed E-state index contributed by atoms with van der Waals surface area (Å²) in [5.74, 6) is -1.47. The van der Waals surface area contributed by atoms with E-state index in [1.54, 1.807) is 12.1 Å². The molecule has 1 N–H and O–H groups in total. The standard InChI is InChI=1S/C13H10ClNO3S/c1-7(16)11-12(13(17)18)19-10(15-11)6-8-3-2-4-9(14)5-8/h2-5H,6H2,1H3,(H,17,18). The van der Waals surface area contributed by atoms with Gasteiger partial charge >= 0.3 is 5.97 Å². The van der Waals surface area contributed by atoms with Crippen LogP contribution in [0.5, 0.6) is 0 Å². The molecule has 0 unspecified atom stereocenters. The molecule has 0 aliphatic carbocycles. The van der Waals surface area contributed by atoms with E-state index in [0.29, 0.717) is 16.5 Å². The van der Waals surface area contributed by atoms with Gasteiger partial charge in [-0.25, -0.2) is 9.78 Å². The Morgan fingerprint density at radius 2 is 2.16 bits per heavy atom. The van der Waals surface area contributed by atoms with Gasteiger partial charge in [-0.05, 0) is 17.7 Å². The number of ketones is 1. The largest absolute Gasteiger partial charge is 0.477 e. The van der Waals surface area contributed by atoms with E-state index in [-0.39, 0.29) is 16.4 Å². The summed E-state index contributed by atoms with van der Waals surface area (Å²) in [7, 11) is 0. The molecule has 1 aromatic carbocycles. The van der Waals surface area contributed by atoms with Crippen molar-refractivity contribution in [2.24, 2.45) is 0 Å². The first-order chi connectivity index (χ1) is 8.97. The third-order valence-electron chi connectivity index (χ3n) is 2.44. The Labute approximate surface area is 118 Å². The van der Waals surface area contributed by atoms with Crippen LogP contribution in [0.25, 0.3) is 0 Å². The van der Waals surface area contributed by atoms with Gasteiger partial charge in [-0.2, -0.15) is 0 Å². The molecular formula is C13H10ClNO3S. The van der Waals surface area contributed by atoms with Gasteiger partial charge in [-0.15, -0.1) is 11.3 Å². The zero-order chi connectivity index (χ0) is 14.0. The van der Waals surface area contributed by atoms with Gasteiger partial charge in [0.1, 0.15) is 10.6 Å². The molecule has 2 aromatic rings. The number of hydrogen-bond donors (Lipinski definition) is 1. The van der Waals surface area contributed by atoms with E-state index in [2.05, 4.69) is 4.98 Å². The highest BCUT2D eigenvalue weighted by molar-refractivity contribution is 7.14. The Kier molecular flexibility index (Phi) is 3.97. The van der Waals surface area contributed by atoms with Gasteiger partial charge in [0.25, 0.3) is 0 Å². The normalized spacial score (nSPS) is 10.4. The first-order valence-corrected chi connectivity index (χ1v) is 6.65. The van der Waals surface area contributed by atoms with Crippen molar-refractivity contribution in [2.45, 2.75) is 13.3 Å². The minimum atomic E-state index is -1.12. The molecule has 4 nitrogen and oxygen atoms in total. The predicted molar refractivity (Wildman–Crippen MR) is 73.3 cm³/mol. The average Bonchev–Trinajstić information content (AvgIpc) is 2.73. The summed E-state index contributed by atoms with van der Waals surface area (Å²) in [6.07, 6.45) is 0.457. The molecule has 19 heavy (non-hydrogen) atoms. The number of carbonyl (C=O) groups excluding carboxylic acids is 1. The van der Waals surface area contributed by atoms with Gasteiger partial charge in [-0.3, -0.25) is 4.79 Å². The molecule has 0 saturated heterocycles. The lowest BCUT2D eigenvalue weighted by molar-refractivity contribution is 0.0697. The highest BCUT2D eigenvalue weighted by Gasteiger charge is 2.20. The molecule has 0 aliphatic rings. The number of hydrogen-bond acceptors (Lipinski definition) is 4. The topological polar surface area (TPSA) is 67.3 Å². The third-order valence-corrected chi connectivity index (χ3v) is 3.72. The molecule has 2 rings (SSSR count). The molecule has 98 valence electrons. The lowest BCUT2D eigenvalue weighted by Crippen LogP contribution is -2.03. The van der Waals surface area contributed by atoms with E-state index < -0.39 is 5.97 Å². The summed E-state index contributed by atoms with van der Waals surface area (Å²) in [6.45, 7) is 1.31. The van der Waals surface area contributed by atoms with Crippen LogP contribution in [0.15, 0.2) is 24.3 Å². The molecule has 0 amide bonds. The lowest BCUT2D eigenvalue weighted by atomic mass is 10.2. The van der Waals surface area contributed by atoms with Crippen molar-refractivity contribution in [3.63, 3.8) is 0 Å². The average molecular weight is 296 g/mol. The number of benzene rings is 1. The molecule has 0 saturated carbocycles. The number of thiazole rings is 1. The molecule has 0 aliphatic heterocycles. The van der Waals surface area contributed by atoms with Gasteiger partial charge in [0, 0.05) is 18.4 Å². The number of nitrogens with zero attached hydrogens (tertiary/aromatic N) is 1. The summed E-state index contributed by atoms with van der Waals surface area (Å²) in [5.41, 5.74) is 0.947. The van der Waals surface area contributed by atoms with Crippen molar-refractivity contribution in [3.05, 3.63) is 50.4 Å². The van der Waals surface area contributed by atoms with E-state index in [4.69, 9.17) is 16.7 Å². The maximum absolute atomic E-state index is 11.4. The smallest absolute Gasteiger partial charge is 0.348 e. The fourth-order valence-electron chi connectivity index (χ4n) is 1.65. The second kappa shape index (κ2) is 5.50. The van der Waals surface area contributed by atoms with Crippen LogP contribution in [-0.2, 0) is 6.42 Å². The van der Waals surface area contributed by atoms with E-state index in [0.717, 1.165) is 16.9 Å². The van der Waals surface area contributed by atoms with Crippen molar-refractivity contribution < 1.29 is 14.7 Å². The number of carboxylic acid groups (broad SMARTS) is 1. The molecule has 6 heteroatoms. The fourth-order valence-corrected chi connectivity index (χ4v) is 2.84. The summed E-state index contributed by atoms with van der Waals surface area (Å²) < 4.78 is 0.